The molecule has 0 saturated carbocycles. The predicted molar refractivity (Wildman–Crippen MR) is 86.0 cm³/mol. The van der Waals surface area contributed by atoms with Gasteiger partial charge >= 0.3 is 0 Å². The van der Waals surface area contributed by atoms with E-state index in [-0.39, 0.29) is 35.9 Å². The summed E-state index contributed by atoms with van der Waals surface area (Å²) >= 11 is 0. The first-order valence-corrected chi connectivity index (χ1v) is 7.42. The molecular formula is C18H19N3O. The van der Waals surface area contributed by atoms with E-state index in [2.05, 4.69) is 4.98 Å². The Balaban J connectivity index is 1.90. The van der Waals surface area contributed by atoms with Crippen LogP contribution in [0.5, 0.6) is 0 Å². The Morgan fingerprint density at radius 3 is 3.00 bits per heavy atom. The maximum Gasteiger partial charge on any atom is 0.170 e. The predicted octanol–water partition coefficient (Wildman–Crippen LogP) is 3.13. The number of imidazole rings is 1. The van der Waals surface area contributed by atoms with Gasteiger partial charge in [-0.1, -0.05) is 18.1 Å². The molecule has 0 aliphatic heterocycles. The number of benzene rings is 1. The molecule has 3 aromatic rings. The van der Waals surface area contributed by atoms with Crippen molar-refractivity contribution in [1.82, 2.24) is 14.1 Å². The minimum atomic E-state index is -0.295. The SMILES string of the molecule is [2H]c1c([2H])c([2H])c2c(c1[2H])c1c(n2C)CCC(Cn2ccnc2C)C1=O. The van der Waals surface area contributed by atoms with Crippen molar-refractivity contribution >= 4 is 16.7 Å². The second kappa shape index (κ2) is 4.83. The monoisotopic (exact) mass is 297 g/mol. The number of carbonyl (C=O) groups is 1. The molecular weight excluding hydrogens is 274 g/mol. The van der Waals surface area contributed by atoms with E-state index in [1.54, 1.807) is 17.8 Å². The molecule has 4 heteroatoms. The number of Topliss-reactive ketones (excluding diaryl/α,β-unsaturated/α-hetero) is 1. The first kappa shape index (κ1) is 9.62. The fourth-order valence-corrected chi connectivity index (χ4v) is 3.40. The fraction of sp³-hybridized carbons (Fsp3) is 0.333. The number of carbonyl (C=O) groups excluding carboxylic acids is 1. The van der Waals surface area contributed by atoms with Crippen LogP contribution in [-0.4, -0.2) is 19.9 Å². The van der Waals surface area contributed by atoms with E-state index >= 15 is 0 Å². The number of ketones is 1. The van der Waals surface area contributed by atoms with Gasteiger partial charge in [0.2, 0.25) is 0 Å². The first-order chi connectivity index (χ1) is 12.3. The Morgan fingerprint density at radius 1 is 1.41 bits per heavy atom. The van der Waals surface area contributed by atoms with Crippen LogP contribution in [0.3, 0.4) is 0 Å². The molecule has 0 radical (unpaired) electrons. The highest BCUT2D eigenvalue weighted by atomic mass is 16.1. The lowest BCUT2D eigenvalue weighted by Gasteiger charge is -2.23. The standard InChI is InChI=1S/C18H19N3O/c1-12-19-9-10-21(12)11-13-7-8-16-17(18(13)22)14-5-3-4-6-15(14)20(16)2/h3-6,9-10,13H,7-8,11H2,1-2H3/i3D,4D,5D,6D. The summed E-state index contributed by atoms with van der Waals surface area (Å²) in [4.78, 5) is 17.4. The number of hydrogen-bond donors (Lipinski definition) is 0. The van der Waals surface area contributed by atoms with Crippen LogP contribution in [0.1, 0.15) is 33.8 Å². The van der Waals surface area contributed by atoms with Crippen molar-refractivity contribution in [2.45, 2.75) is 26.3 Å². The number of para-hydroxylation sites is 1. The Bertz CT molecular complexity index is 1070. The van der Waals surface area contributed by atoms with Crippen molar-refractivity contribution in [1.29, 1.82) is 0 Å². The highest BCUT2D eigenvalue weighted by Crippen LogP contribution is 2.34. The highest BCUT2D eigenvalue weighted by Gasteiger charge is 2.32. The highest BCUT2D eigenvalue weighted by molar-refractivity contribution is 6.11. The van der Waals surface area contributed by atoms with Crippen molar-refractivity contribution in [2.24, 2.45) is 13.0 Å². The Hall–Kier alpha value is -2.36. The van der Waals surface area contributed by atoms with Crippen LogP contribution in [0.4, 0.5) is 0 Å². The third-order valence-corrected chi connectivity index (χ3v) is 4.63. The zero-order chi connectivity index (χ0) is 18.7. The average molecular weight is 297 g/mol. The molecule has 1 aliphatic carbocycles. The number of fused-ring (bicyclic) bond motifs is 3. The fourth-order valence-electron chi connectivity index (χ4n) is 3.40. The molecule has 1 aromatic carbocycles. The number of aryl methyl sites for hydroxylation is 2. The zero-order valence-corrected chi connectivity index (χ0v) is 12.6. The van der Waals surface area contributed by atoms with Gasteiger partial charge in [0, 0.05) is 54.1 Å². The Kier molecular flexibility index (Phi) is 2.11. The molecule has 0 spiro atoms. The molecule has 0 saturated heterocycles. The third-order valence-electron chi connectivity index (χ3n) is 4.63. The molecule has 4 nitrogen and oxygen atoms in total. The minimum absolute atomic E-state index is 0.0463. The molecule has 0 bridgehead atoms. The topological polar surface area (TPSA) is 39.8 Å². The Morgan fingerprint density at radius 2 is 2.23 bits per heavy atom. The summed E-state index contributed by atoms with van der Waals surface area (Å²) in [5.74, 6) is 0.581. The number of hydrogen-bond acceptors (Lipinski definition) is 2. The number of nitrogens with zero attached hydrogens (tertiary/aromatic N) is 3. The van der Waals surface area contributed by atoms with Gasteiger partial charge in [-0.25, -0.2) is 4.98 Å². The third kappa shape index (κ3) is 1.83. The summed E-state index contributed by atoms with van der Waals surface area (Å²) in [5.41, 5.74) is 1.67. The van der Waals surface area contributed by atoms with E-state index in [0.717, 1.165) is 11.5 Å². The second-order valence-electron chi connectivity index (χ2n) is 5.83. The lowest BCUT2D eigenvalue weighted by molar-refractivity contribution is 0.0888. The van der Waals surface area contributed by atoms with Crippen LogP contribution in [0.15, 0.2) is 36.6 Å². The van der Waals surface area contributed by atoms with Crippen LogP contribution in [-0.2, 0) is 20.0 Å². The zero-order valence-electron chi connectivity index (χ0n) is 16.6. The molecule has 0 amide bonds. The van der Waals surface area contributed by atoms with Crippen molar-refractivity contribution in [2.75, 3.05) is 0 Å². The number of aromatic nitrogens is 3. The van der Waals surface area contributed by atoms with E-state index in [1.807, 2.05) is 17.7 Å². The maximum atomic E-state index is 13.2. The van der Waals surface area contributed by atoms with Gasteiger partial charge in [-0.3, -0.25) is 4.79 Å². The van der Waals surface area contributed by atoms with Crippen LogP contribution < -0.4 is 0 Å². The summed E-state index contributed by atoms with van der Waals surface area (Å²) in [5, 5.41) is 0.352. The van der Waals surface area contributed by atoms with E-state index in [9.17, 15) is 4.79 Å². The van der Waals surface area contributed by atoms with Gasteiger partial charge in [0.15, 0.2) is 5.78 Å². The van der Waals surface area contributed by atoms with Crippen molar-refractivity contribution in [3.63, 3.8) is 0 Å². The van der Waals surface area contributed by atoms with Gasteiger partial charge in [-0.05, 0) is 25.8 Å². The van der Waals surface area contributed by atoms with E-state index < -0.39 is 0 Å². The van der Waals surface area contributed by atoms with Crippen molar-refractivity contribution in [3.05, 3.63) is 53.6 Å². The maximum absolute atomic E-state index is 13.2. The van der Waals surface area contributed by atoms with Crippen LogP contribution in [0, 0.1) is 12.8 Å². The lowest BCUT2D eigenvalue weighted by atomic mass is 9.85. The van der Waals surface area contributed by atoms with Gasteiger partial charge < -0.3 is 9.13 Å². The van der Waals surface area contributed by atoms with Crippen molar-refractivity contribution in [3.8, 4) is 0 Å². The summed E-state index contributed by atoms with van der Waals surface area (Å²) in [6.45, 7) is 2.43. The minimum Gasteiger partial charge on any atom is -0.347 e. The quantitative estimate of drug-likeness (QED) is 0.729. The van der Waals surface area contributed by atoms with Gasteiger partial charge in [0.25, 0.3) is 0 Å². The molecule has 2 heterocycles. The molecule has 1 aliphatic rings. The van der Waals surface area contributed by atoms with Gasteiger partial charge in [-0.15, -0.1) is 0 Å². The molecule has 22 heavy (non-hydrogen) atoms. The van der Waals surface area contributed by atoms with Gasteiger partial charge in [0.05, 0.1) is 5.48 Å². The average Bonchev–Trinajstić information content (AvgIpc) is 3.15. The van der Waals surface area contributed by atoms with Crippen LogP contribution in [0.2, 0.25) is 0 Å². The first-order valence-electron chi connectivity index (χ1n) is 9.42. The van der Waals surface area contributed by atoms with E-state index in [1.165, 1.54) is 0 Å². The van der Waals surface area contributed by atoms with Gasteiger partial charge in [0.1, 0.15) is 5.82 Å². The summed E-state index contributed by atoms with van der Waals surface area (Å²) in [6, 6.07) is -0.784. The molecule has 0 N–H and O–H groups in total. The summed E-state index contributed by atoms with van der Waals surface area (Å²) in [7, 11) is 1.77. The molecule has 2 aromatic heterocycles. The smallest absolute Gasteiger partial charge is 0.170 e. The molecule has 112 valence electrons. The molecule has 1 unspecified atom stereocenters. The lowest BCUT2D eigenvalue weighted by Crippen LogP contribution is -2.27. The molecule has 4 rings (SSSR count). The molecule has 0 fully saturated rings. The normalized spacial score (nSPS) is 20.5. The van der Waals surface area contributed by atoms with Crippen LogP contribution >= 0.6 is 0 Å². The Labute approximate surface area is 135 Å². The largest absolute Gasteiger partial charge is 0.347 e. The van der Waals surface area contributed by atoms with Crippen LogP contribution in [0.25, 0.3) is 10.9 Å². The van der Waals surface area contributed by atoms with Crippen molar-refractivity contribution < 1.29 is 10.3 Å². The van der Waals surface area contributed by atoms with Gasteiger partial charge in [-0.2, -0.15) is 0 Å². The molecule has 1 atom stereocenters. The van der Waals surface area contributed by atoms with E-state index in [0.29, 0.717) is 35.9 Å². The second-order valence-corrected chi connectivity index (χ2v) is 5.83. The number of rotatable bonds is 2. The van der Waals surface area contributed by atoms with E-state index in [4.69, 9.17) is 5.48 Å². The summed E-state index contributed by atoms with van der Waals surface area (Å²) in [6.07, 6.45) is 4.93. The summed E-state index contributed by atoms with van der Waals surface area (Å²) < 4.78 is 36.1.